The van der Waals surface area contributed by atoms with Gasteiger partial charge in [0.05, 0.1) is 16.4 Å². The largest absolute Gasteiger partial charge is 0.494 e. The number of rotatable bonds is 8. The Bertz CT molecular complexity index is 786. The standard InChI is InChI=1S/C16H18N2O5S/c1-2-23-15-7-9-16(10-8-15)24(21,22)17-12-11-13-3-5-14(6-4-13)18(19)20/h3-10,17H,2,11-12H2,1H3. The van der Waals surface area contributed by atoms with E-state index in [1.54, 1.807) is 24.3 Å². The maximum Gasteiger partial charge on any atom is 0.269 e. The second-order valence-corrected chi connectivity index (χ2v) is 6.74. The highest BCUT2D eigenvalue weighted by Crippen LogP contribution is 2.16. The fraction of sp³-hybridized carbons (Fsp3) is 0.250. The van der Waals surface area contributed by atoms with Gasteiger partial charge in [-0.2, -0.15) is 0 Å². The lowest BCUT2D eigenvalue weighted by molar-refractivity contribution is -0.384. The number of benzene rings is 2. The first-order valence-electron chi connectivity index (χ1n) is 7.38. The molecule has 0 aliphatic rings. The third-order valence-electron chi connectivity index (χ3n) is 3.30. The number of nitro benzene ring substituents is 1. The van der Waals surface area contributed by atoms with Gasteiger partial charge in [-0.05, 0) is 43.2 Å². The van der Waals surface area contributed by atoms with Crippen LogP contribution in [0.2, 0.25) is 0 Å². The summed E-state index contributed by atoms with van der Waals surface area (Å²) in [5, 5.41) is 10.6. The maximum absolute atomic E-state index is 12.2. The molecular formula is C16H18N2O5S. The summed E-state index contributed by atoms with van der Waals surface area (Å²) < 4.78 is 32.2. The molecule has 0 aliphatic heterocycles. The molecule has 0 aromatic heterocycles. The second-order valence-electron chi connectivity index (χ2n) is 4.98. The molecule has 2 aromatic carbocycles. The molecule has 0 heterocycles. The average molecular weight is 350 g/mol. The molecule has 0 saturated heterocycles. The van der Waals surface area contributed by atoms with Crippen LogP contribution in [0.15, 0.2) is 53.4 Å². The van der Waals surface area contributed by atoms with Crippen LogP contribution in [0, 0.1) is 10.1 Å². The van der Waals surface area contributed by atoms with E-state index in [-0.39, 0.29) is 17.1 Å². The molecule has 0 aliphatic carbocycles. The lowest BCUT2D eigenvalue weighted by Gasteiger charge is -2.08. The molecule has 0 unspecified atom stereocenters. The molecule has 7 nitrogen and oxygen atoms in total. The van der Waals surface area contributed by atoms with Crippen molar-refractivity contribution in [2.45, 2.75) is 18.2 Å². The zero-order valence-electron chi connectivity index (χ0n) is 13.1. The Morgan fingerprint density at radius 1 is 1.08 bits per heavy atom. The van der Waals surface area contributed by atoms with E-state index in [1.807, 2.05) is 6.92 Å². The topological polar surface area (TPSA) is 98.5 Å². The summed E-state index contributed by atoms with van der Waals surface area (Å²) in [6.45, 7) is 2.57. The van der Waals surface area contributed by atoms with Gasteiger partial charge in [-0.25, -0.2) is 13.1 Å². The summed E-state index contributed by atoms with van der Waals surface area (Å²) in [6.07, 6.45) is 0.439. The predicted octanol–water partition coefficient (Wildman–Crippen LogP) is 2.51. The molecule has 0 spiro atoms. The quantitative estimate of drug-likeness (QED) is 0.582. The Morgan fingerprint density at radius 3 is 2.25 bits per heavy atom. The number of nitro groups is 1. The zero-order valence-corrected chi connectivity index (χ0v) is 14.0. The van der Waals surface area contributed by atoms with Crippen LogP contribution in [-0.4, -0.2) is 26.5 Å². The van der Waals surface area contributed by atoms with Gasteiger partial charge in [0, 0.05) is 18.7 Å². The van der Waals surface area contributed by atoms with Crippen LogP contribution in [0.1, 0.15) is 12.5 Å². The van der Waals surface area contributed by atoms with Crippen molar-refractivity contribution in [2.24, 2.45) is 0 Å². The normalized spacial score (nSPS) is 11.2. The molecule has 0 amide bonds. The molecule has 24 heavy (non-hydrogen) atoms. The second kappa shape index (κ2) is 7.89. The molecular weight excluding hydrogens is 332 g/mol. The molecule has 0 radical (unpaired) electrons. The van der Waals surface area contributed by atoms with Gasteiger partial charge >= 0.3 is 0 Å². The van der Waals surface area contributed by atoms with E-state index in [1.165, 1.54) is 24.3 Å². The van der Waals surface area contributed by atoms with Crippen LogP contribution < -0.4 is 9.46 Å². The van der Waals surface area contributed by atoms with Crippen molar-refractivity contribution in [1.29, 1.82) is 0 Å². The van der Waals surface area contributed by atoms with E-state index in [0.717, 1.165) is 5.56 Å². The highest BCUT2D eigenvalue weighted by Gasteiger charge is 2.13. The molecule has 0 fully saturated rings. The van der Waals surface area contributed by atoms with Crippen LogP contribution in [0.4, 0.5) is 5.69 Å². The fourth-order valence-electron chi connectivity index (χ4n) is 2.08. The van der Waals surface area contributed by atoms with Gasteiger partial charge in [-0.1, -0.05) is 12.1 Å². The van der Waals surface area contributed by atoms with E-state index in [2.05, 4.69) is 4.72 Å². The van der Waals surface area contributed by atoms with Crippen molar-refractivity contribution < 1.29 is 18.1 Å². The summed E-state index contributed by atoms with van der Waals surface area (Å²) in [4.78, 5) is 10.3. The molecule has 128 valence electrons. The summed E-state index contributed by atoms with van der Waals surface area (Å²) in [5.74, 6) is 0.613. The van der Waals surface area contributed by atoms with Crippen molar-refractivity contribution in [1.82, 2.24) is 4.72 Å². The number of sulfonamides is 1. The number of nitrogens with zero attached hydrogens (tertiary/aromatic N) is 1. The van der Waals surface area contributed by atoms with Crippen LogP contribution >= 0.6 is 0 Å². The van der Waals surface area contributed by atoms with Crippen LogP contribution in [0.5, 0.6) is 5.75 Å². The lowest BCUT2D eigenvalue weighted by atomic mass is 10.1. The van der Waals surface area contributed by atoms with Gasteiger partial charge < -0.3 is 4.74 Å². The highest BCUT2D eigenvalue weighted by atomic mass is 32.2. The highest BCUT2D eigenvalue weighted by molar-refractivity contribution is 7.89. The fourth-order valence-corrected chi connectivity index (χ4v) is 3.11. The molecule has 0 atom stereocenters. The third kappa shape index (κ3) is 4.77. The molecule has 2 aromatic rings. The van der Waals surface area contributed by atoms with Gasteiger partial charge in [-0.3, -0.25) is 10.1 Å². The molecule has 8 heteroatoms. The van der Waals surface area contributed by atoms with Crippen LogP contribution in [-0.2, 0) is 16.4 Å². The van der Waals surface area contributed by atoms with Crippen molar-refractivity contribution in [3.05, 3.63) is 64.2 Å². The van der Waals surface area contributed by atoms with Gasteiger partial charge in [0.1, 0.15) is 5.75 Å². The minimum Gasteiger partial charge on any atom is -0.494 e. The lowest BCUT2D eigenvalue weighted by Crippen LogP contribution is -2.25. The number of non-ortho nitro benzene ring substituents is 1. The number of ether oxygens (including phenoxy) is 1. The summed E-state index contributed by atoms with van der Waals surface area (Å²) >= 11 is 0. The Kier molecular flexibility index (Phi) is 5.88. The Balaban J connectivity index is 1.93. The van der Waals surface area contributed by atoms with E-state index < -0.39 is 14.9 Å². The molecule has 0 bridgehead atoms. The Labute approximate surface area is 140 Å². The van der Waals surface area contributed by atoms with E-state index in [9.17, 15) is 18.5 Å². The van der Waals surface area contributed by atoms with Crippen molar-refractivity contribution in [2.75, 3.05) is 13.2 Å². The van der Waals surface area contributed by atoms with Crippen molar-refractivity contribution in [3.63, 3.8) is 0 Å². The monoisotopic (exact) mass is 350 g/mol. The summed E-state index contributed by atoms with van der Waals surface area (Å²) in [7, 11) is -3.60. The minimum absolute atomic E-state index is 0.00807. The average Bonchev–Trinajstić information content (AvgIpc) is 2.56. The SMILES string of the molecule is CCOc1ccc(S(=O)(=O)NCCc2ccc([N+](=O)[O-])cc2)cc1. The van der Waals surface area contributed by atoms with Crippen molar-refractivity contribution in [3.8, 4) is 5.75 Å². The van der Waals surface area contributed by atoms with E-state index >= 15 is 0 Å². The zero-order chi connectivity index (χ0) is 17.6. The van der Waals surface area contributed by atoms with Gasteiger partial charge in [0.2, 0.25) is 10.0 Å². The van der Waals surface area contributed by atoms with Gasteiger partial charge in [0.25, 0.3) is 5.69 Å². The van der Waals surface area contributed by atoms with Crippen molar-refractivity contribution >= 4 is 15.7 Å². The van der Waals surface area contributed by atoms with Gasteiger partial charge in [0.15, 0.2) is 0 Å². The summed E-state index contributed by atoms with van der Waals surface area (Å²) in [5.41, 5.74) is 0.823. The third-order valence-corrected chi connectivity index (χ3v) is 4.77. The Morgan fingerprint density at radius 2 is 1.71 bits per heavy atom. The first kappa shape index (κ1) is 17.9. The molecule has 2 rings (SSSR count). The van der Waals surface area contributed by atoms with E-state index in [0.29, 0.717) is 18.8 Å². The molecule has 0 saturated carbocycles. The smallest absolute Gasteiger partial charge is 0.269 e. The Hall–Kier alpha value is -2.45. The van der Waals surface area contributed by atoms with Crippen LogP contribution in [0.3, 0.4) is 0 Å². The van der Waals surface area contributed by atoms with Crippen LogP contribution in [0.25, 0.3) is 0 Å². The minimum atomic E-state index is -3.60. The number of nitrogens with one attached hydrogen (secondary N) is 1. The maximum atomic E-state index is 12.2. The molecule has 1 N–H and O–H groups in total. The van der Waals surface area contributed by atoms with E-state index in [4.69, 9.17) is 4.74 Å². The number of hydrogen-bond acceptors (Lipinski definition) is 5. The predicted molar refractivity (Wildman–Crippen MR) is 89.6 cm³/mol. The summed E-state index contributed by atoms with van der Waals surface area (Å²) in [6, 6.07) is 12.2. The number of hydrogen-bond donors (Lipinski definition) is 1. The first-order valence-corrected chi connectivity index (χ1v) is 8.86. The first-order chi connectivity index (χ1) is 11.4. The van der Waals surface area contributed by atoms with Gasteiger partial charge in [-0.15, -0.1) is 0 Å².